The Kier molecular flexibility index (Phi) is 5.28. The van der Waals surface area contributed by atoms with Crippen LogP contribution in [0.15, 0.2) is 29.3 Å². The minimum absolute atomic E-state index is 0.169. The largest absolute Gasteiger partial charge is 0.448 e. The molecule has 0 aromatic heterocycles. The van der Waals surface area contributed by atoms with Crippen molar-refractivity contribution in [2.45, 2.75) is 36.2 Å². The van der Waals surface area contributed by atoms with Gasteiger partial charge in [0.1, 0.15) is 5.84 Å². The zero-order chi connectivity index (χ0) is 22.7. The fourth-order valence-electron chi connectivity index (χ4n) is 2.19. The Hall–Kier alpha value is -1.90. The number of aliphatic imine (C=N–C) groups is 1. The van der Waals surface area contributed by atoms with E-state index in [2.05, 4.69) is 9.73 Å². The van der Waals surface area contributed by atoms with Crippen LogP contribution in [0.25, 0.3) is 0 Å². The van der Waals surface area contributed by atoms with Crippen LogP contribution in [0, 0.1) is 0 Å². The van der Waals surface area contributed by atoms with Crippen molar-refractivity contribution in [3.63, 3.8) is 0 Å². The standard InChI is InChI=1S/C13H5ClF12N2O/c14-6-3-1-5(2-4-6)7-27-8(10(15,16)17,11(18,19)20)29-9(28-7,12(21,22)23)13(24,25)26/h1-4H,(H,27,28). The minimum Gasteiger partial charge on any atom is -0.327 e. The van der Waals surface area contributed by atoms with E-state index in [9.17, 15) is 52.7 Å². The van der Waals surface area contributed by atoms with Gasteiger partial charge in [0.2, 0.25) is 0 Å². The van der Waals surface area contributed by atoms with Crippen molar-refractivity contribution in [3.05, 3.63) is 34.9 Å². The number of nitrogens with one attached hydrogen (secondary N) is 1. The van der Waals surface area contributed by atoms with Gasteiger partial charge >= 0.3 is 36.2 Å². The average Bonchev–Trinajstić information content (AvgIpc) is 2.50. The second-order valence-electron chi connectivity index (χ2n) is 5.51. The summed E-state index contributed by atoms with van der Waals surface area (Å²) < 4.78 is 162. The minimum atomic E-state index is -6.85. The van der Waals surface area contributed by atoms with Crippen molar-refractivity contribution in [3.8, 4) is 0 Å². The van der Waals surface area contributed by atoms with Gasteiger partial charge in [-0.15, -0.1) is 0 Å². The van der Waals surface area contributed by atoms with Gasteiger partial charge in [0.25, 0.3) is 0 Å². The Bertz CT molecular complexity index is 762. The summed E-state index contributed by atoms with van der Waals surface area (Å²) in [6.07, 6.45) is -27.3. The van der Waals surface area contributed by atoms with Crippen LogP contribution in [0.4, 0.5) is 52.7 Å². The normalized spacial score (nSPS) is 20.1. The molecule has 0 saturated carbocycles. The number of rotatable bonds is 1. The molecule has 0 bridgehead atoms. The number of alkyl halides is 12. The number of hydrogen-bond donors (Lipinski definition) is 1. The van der Waals surface area contributed by atoms with Gasteiger partial charge in [0.05, 0.1) is 0 Å². The molecule has 1 aliphatic heterocycles. The van der Waals surface area contributed by atoms with Crippen LogP contribution in [0.1, 0.15) is 5.56 Å². The van der Waals surface area contributed by atoms with Gasteiger partial charge in [0, 0.05) is 10.6 Å². The van der Waals surface area contributed by atoms with Crippen LogP contribution in [-0.2, 0) is 4.74 Å². The van der Waals surface area contributed by atoms with Crippen molar-refractivity contribution >= 4 is 17.4 Å². The molecule has 0 atom stereocenters. The van der Waals surface area contributed by atoms with Crippen LogP contribution in [0.3, 0.4) is 0 Å². The lowest BCUT2D eigenvalue weighted by molar-refractivity contribution is -0.474. The Morgan fingerprint density at radius 1 is 0.724 bits per heavy atom. The van der Waals surface area contributed by atoms with E-state index in [-0.39, 0.29) is 5.02 Å². The third kappa shape index (κ3) is 3.69. The van der Waals surface area contributed by atoms with Gasteiger partial charge in [-0.1, -0.05) is 11.6 Å². The molecule has 2 rings (SSSR count). The maximum atomic E-state index is 13.2. The van der Waals surface area contributed by atoms with Crippen LogP contribution in [0.5, 0.6) is 0 Å². The number of ether oxygens (including phenoxy) is 1. The van der Waals surface area contributed by atoms with Crippen LogP contribution >= 0.6 is 11.6 Å². The zero-order valence-corrected chi connectivity index (χ0v) is 13.8. The Morgan fingerprint density at radius 2 is 1.14 bits per heavy atom. The molecule has 29 heavy (non-hydrogen) atoms. The second kappa shape index (κ2) is 6.55. The van der Waals surface area contributed by atoms with Crippen molar-refractivity contribution < 1.29 is 57.4 Å². The third-order valence-corrected chi connectivity index (χ3v) is 3.80. The molecule has 0 fully saturated rings. The highest BCUT2D eigenvalue weighted by molar-refractivity contribution is 6.30. The van der Waals surface area contributed by atoms with Gasteiger partial charge in [0.15, 0.2) is 0 Å². The molecular weight excluding hydrogens is 464 g/mol. The summed E-state index contributed by atoms with van der Waals surface area (Å²) in [7, 11) is 0. The summed E-state index contributed by atoms with van der Waals surface area (Å²) in [5.41, 5.74) is -13.2. The first-order chi connectivity index (χ1) is 12.8. The number of hydrogen-bond acceptors (Lipinski definition) is 3. The van der Waals surface area contributed by atoms with Crippen LogP contribution in [-0.4, -0.2) is 42.0 Å². The first kappa shape index (κ1) is 23.4. The smallest absolute Gasteiger partial charge is 0.327 e. The Labute approximate surface area is 157 Å². The van der Waals surface area contributed by atoms with Gasteiger partial charge in [-0.05, 0) is 24.3 Å². The van der Waals surface area contributed by atoms with Gasteiger partial charge in [-0.3, -0.25) is 4.74 Å². The fraction of sp³-hybridized carbons (Fsp3) is 0.462. The molecule has 3 nitrogen and oxygen atoms in total. The van der Waals surface area contributed by atoms with E-state index in [0.29, 0.717) is 17.4 Å². The fourth-order valence-corrected chi connectivity index (χ4v) is 2.31. The molecule has 1 aromatic rings. The summed E-state index contributed by atoms with van der Waals surface area (Å²) in [5.74, 6) is -2.02. The first-order valence-electron chi connectivity index (χ1n) is 6.88. The lowest BCUT2D eigenvalue weighted by Gasteiger charge is -2.47. The van der Waals surface area contributed by atoms with Crippen molar-refractivity contribution in [1.82, 2.24) is 5.32 Å². The third-order valence-electron chi connectivity index (χ3n) is 3.55. The topological polar surface area (TPSA) is 33.6 Å². The molecule has 0 saturated heterocycles. The molecule has 16 heteroatoms. The van der Waals surface area contributed by atoms with E-state index in [0.717, 1.165) is 12.1 Å². The maximum Gasteiger partial charge on any atom is 0.448 e. The van der Waals surface area contributed by atoms with Crippen molar-refractivity contribution in [2.24, 2.45) is 4.99 Å². The highest BCUT2D eigenvalue weighted by Gasteiger charge is 2.85. The summed E-state index contributed by atoms with van der Waals surface area (Å²) >= 11 is 5.45. The molecule has 1 aliphatic rings. The molecule has 1 N–H and O–H groups in total. The van der Waals surface area contributed by atoms with Gasteiger partial charge in [-0.25, -0.2) is 4.99 Å². The van der Waals surface area contributed by atoms with E-state index in [1.807, 2.05) is 0 Å². The second-order valence-corrected chi connectivity index (χ2v) is 5.95. The number of nitrogens with zero attached hydrogens (tertiary/aromatic N) is 1. The molecule has 1 aromatic carbocycles. The predicted octanol–water partition coefficient (Wildman–Crippen LogP) is 5.35. The summed E-state index contributed by atoms with van der Waals surface area (Å²) in [6, 6.07) is 2.72. The summed E-state index contributed by atoms with van der Waals surface area (Å²) in [4.78, 5) is 2.07. The SMILES string of the molecule is FC(F)(F)C1(C(F)(F)F)N=C(c2ccc(Cl)cc2)NC(C(F)(F)F)(C(F)(F)F)O1. The molecule has 0 aliphatic carbocycles. The number of benzene rings is 1. The average molecular weight is 469 g/mol. The summed E-state index contributed by atoms with van der Waals surface area (Å²) in [6.45, 7) is 0. The molecular formula is C13H5ClF12N2O. The van der Waals surface area contributed by atoms with Gasteiger partial charge < -0.3 is 5.32 Å². The molecule has 164 valence electrons. The number of halogens is 13. The van der Waals surface area contributed by atoms with E-state index in [4.69, 9.17) is 11.6 Å². The predicted molar refractivity (Wildman–Crippen MR) is 71.9 cm³/mol. The molecule has 0 radical (unpaired) electrons. The van der Waals surface area contributed by atoms with Crippen molar-refractivity contribution in [2.75, 3.05) is 0 Å². The molecule has 0 amide bonds. The van der Waals surface area contributed by atoms with Crippen LogP contribution < -0.4 is 5.32 Å². The van der Waals surface area contributed by atoms with E-state index >= 15 is 0 Å². The quantitative estimate of drug-likeness (QED) is 0.564. The Balaban J connectivity index is 2.93. The van der Waals surface area contributed by atoms with Crippen LogP contribution in [0.2, 0.25) is 5.02 Å². The summed E-state index contributed by atoms with van der Waals surface area (Å²) in [5, 5.41) is 0.347. The number of amidine groups is 1. The molecule has 1 heterocycles. The zero-order valence-electron chi connectivity index (χ0n) is 13.1. The maximum absolute atomic E-state index is 13.2. The lowest BCUT2D eigenvalue weighted by Crippen LogP contribution is -2.78. The lowest BCUT2D eigenvalue weighted by atomic mass is 10.0. The first-order valence-corrected chi connectivity index (χ1v) is 7.26. The highest BCUT2D eigenvalue weighted by atomic mass is 35.5. The Morgan fingerprint density at radius 3 is 1.48 bits per heavy atom. The highest BCUT2D eigenvalue weighted by Crippen LogP contribution is 2.56. The monoisotopic (exact) mass is 468 g/mol. The van der Waals surface area contributed by atoms with E-state index in [1.54, 1.807) is 0 Å². The molecule has 0 spiro atoms. The van der Waals surface area contributed by atoms with Crippen molar-refractivity contribution in [1.29, 1.82) is 0 Å². The van der Waals surface area contributed by atoms with E-state index < -0.39 is 47.6 Å². The van der Waals surface area contributed by atoms with Gasteiger partial charge in [-0.2, -0.15) is 52.7 Å². The molecule has 0 unspecified atom stereocenters. The van der Waals surface area contributed by atoms with E-state index in [1.165, 1.54) is 0 Å².